The Hall–Kier alpha value is -4.20. The lowest BCUT2D eigenvalue weighted by Gasteiger charge is -2.26. The van der Waals surface area contributed by atoms with Crippen molar-refractivity contribution in [2.24, 2.45) is 0 Å². The molecule has 1 N–H and O–H groups in total. The Morgan fingerprint density at radius 1 is 0.941 bits per heavy atom. The maximum absolute atomic E-state index is 14.1. The van der Waals surface area contributed by atoms with Crippen molar-refractivity contribution in [1.82, 2.24) is 0 Å². The Bertz CT molecular complexity index is 1330. The lowest BCUT2D eigenvalue weighted by molar-refractivity contribution is -0.132. The number of benzene rings is 3. The zero-order valence-electron chi connectivity index (χ0n) is 18.6. The first-order valence-electron chi connectivity index (χ1n) is 10.3. The van der Waals surface area contributed by atoms with Crippen molar-refractivity contribution >= 4 is 23.1 Å². The Kier molecular flexibility index (Phi) is 6.06. The van der Waals surface area contributed by atoms with Crippen LogP contribution in [0, 0.1) is 18.6 Å². The van der Waals surface area contributed by atoms with Crippen molar-refractivity contribution < 1.29 is 33.0 Å². The van der Waals surface area contributed by atoms with E-state index in [0.29, 0.717) is 11.3 Å². The molecule has 34 heavy (non-hydrogen) atoms. The normalized spacial score (nSPS) is 17.2. The van der Waals surface area contributed by atoms with Gasteiger partial charge < -0.3 is 14.6 Å². The number of amides is 1. The number of halogens is 2. The summed E-state index contributed by atoms with van der Waals surface area (Å²) in [5.41, 5.74) is 1.25. The first-order chi connectivity index (χ1) is 16.3. The first kappa shape index (κ1) is 23.0. The number of methoxy groups -OCH3 is 2. The fourth-order valence-corrected chi connectivity index (χ4v) is 4.03. The van der Waals surface area contributed by atoms with Gasteiger partial charge in [-0.3, -0.25) is 14.5 Å². The Morgan fingerprint density at radius 3 is 2.35 bits per heavy atom. The van der Waals surface area contributed by atoms with E-state index in [2.05, 4.69) is 0 Å². The van der Waals surface area contributed by atoms with E-state index in [0.717, 1.165) is 22.6 Å². The van der Waals surface area contributed by atoms with Gasteiger partial charge in [0.15, 0.2) is 11.6 Å². The topological polar surface area (TPSA) is 76.1 Å². The average Bonchev–Trinajstić information content (AvgIpc) is 3.10. The molecular formula is C26H21F2NO5. The van der Waals surface area contributed by atoms with E-state index in [1.807, 2.05) is 13.0 Å². The second-order valence-corrected chi connectivity index (χ2v) is 7.75. The molecule has 3 aromatic rings. The van der Waals surface area contributed by atoms with Gasteiger partial charge in [0.25, 0.3) is 11.7 Å². The van der Waals surface area contributed by atoms with Gasteiger partial charge in [0.1, 0.15) is 17.3 Å². The van der Waals surface area contributed by atoms with Crippen molar-refractivity contribution in [3.63, 3.8) is 0 Å². The third-order valence-corrected chi connectivity index (χ3v) is 5.65. The molecule has 1 unspecified atom stereocenters. The molecule has 3 aromatic carbocycles. The monoisotopic (exact) mass is 465 g/mol. The predicted octanol–water partition coefficient (Wildman–Crippen LogP) is 4.92. The third kappa shape index (κ3) is 3.87. The highest BCUT2D eigenvalue weighted by atomic mass is 19.2. The van der Waals surface area contributed by atoms with E-state index in [9.17, 15) is 23.5 Å². The SMILES string of the molecule is COc1ccc(OC)c(/C(O)=C2\C(=O)C(=O)N(c3ccc(F)c(F)c3)C2c2cccc(C)c2)c1. The van der Waals surface area contributed by atoms with Crippen molar-refractivity contribution in [2.75, 3.05) is 19.1 Å². The summed E-state index contributed by atoms with van der Waals surface area (Å²) in [5, 5.41) is 11.3. The second kappa shape index (κ2) is 8.97. The van der Waals surface area contributed by atoms with Gasteiger partial charge in [-0.1, -0.05) is 29.8 Å². The van der Waals surface area contributed by atoms with Gasteiger partial charge in [0.2, 0.25) is 0 Å². The van der Waals surface area contributed by atoms with Crippen LogP contribution in [0.4, 0.5) is 14.5 Å². The molecule has 0 aromatic heterocycles. The van der Waals surface area contributed by atoms with Crippen LogP contribution >= 0.6 is 0 Å². The molecule has 1 aliphatic heterocycles. The van der Waals surface area contributed by atoms with Crippen LogP contribution in [0.2, 0.25) is 0 Å². The van der Waals surface area contributed by atoms with E-state index in [4.69, 9.17) is 9.47 Å². The van der Waals surface area contributed by atoms with Gasteiger partial charge in [0, 0.05) is 11.8 Å². The number of aliphatic hydroxyl groups excluding tert-OH is 1. The zero-order valence-corrected chi connectivity index (χ0v) is 18.6. The summed E-state index contributed by atoms with van der Waals surface area (Å²) in [6, 6.07) is 13.5. The molecule has 0 saturated carbocycles. The number of rotatable bonds is 5. The lowest BCUT2D eigenvalue weighted by atomic mass is 9.94. The summed E-state index contributed by atoms with van der Waals surface area (Å²) in [6.07, 6.45) is 0. The quantitative estimate of drug-likeness (QED) is 0.329. The number of carbonyl (C=O) groups excluding carboxylic acids is 2. The molecule has 4 rings (SSSR count). The van der Waals surface area contributed by atoms with Crippen LogP contribution < -0.4 is 14.4 Å². The predicted molar refractivity (Wildman–Crippen MR) is 122 cm³/mol. The van der Waals surface area contributed by atoms with Gasteiger partial charge >= 0.3 is 0 Å². The number of aliphatic hydroxyl groups is 1. The van der Waals surface area contributed by atoms with Crippen molar-refractivity contribution in [3.8, 4) is 11.5 Å². The minimum absolute atomic E-state index is 0.0239. The summed E-state index contributed by atoms with van der Waals surface area (Å²) in [6.45, 7) is 1.83. The molecule has 8 heteroatoms. The molecule has 0 radical (unpaired) electrons. The van der Waals surface area contributed by atoms with Gasteiger partial charge in [0.05, 0.1) is 31.4 Å². The molecule has 0 aliphatic carbocycles. The molecule has 0 spiro atoms. The minimum Gasteiger partial charge on any atom is -0.507 e. The first-order valence-corrected chi connectivity index (χ1v) is 10.3. The Balaban J connectivity index is 2.00. The molecule has 1 fully saturated rings. The highest BCUT2D eigenvalue weighted by Gasteiger charge is 2.47. The van der Waals surface area contributed by atoms with Crippen LogP contribution in [0.15, 0.2) is 66.2 Å². The van der Waals surface area contributed by atoms with E-state index in [-0.39, 0.29) is 22.6 Å². The molecule has 174 valence electrons. The molecule has 0 bridgehead atoms. The number of carbonyl (C=O) groups is 2. The van der Waals surface area contributed by atoms with E-state index < -0.39 is 35.1 Å². The number of ketones is 1. The van der Waals surface area contributed by atoms with Gasteiger partial charge in [-0.15, -0.1) is 0 Å². The number of nitrogens with zero attached hydrogens (tertiary/aromatic N) is 1. The highest BCUT2D eigenvalue weighted by molar-refractivity contribution is 6.51. The van der Waals surface area contributed by atoms with Crippen LogP contribution in [0.3, 0.4) is 0 Å². The molecule has 1 amide bonds. The molecule has 1 aliphatic rings. The molecular weight excluding hydrogens is 444 g/mol. The summed E-state index contributed by atoms with van der Waals surface area (Å²) >= 11 is 0. The van der Waals surface area contributed by atoms with Crippen LogP contribution in [0.1, 0.15) is 22.7 Å². The van der Waals surface area contributed by atoms with Crippen molar-refractivity contribution in [1.29, 1.82) is 0 Å². The maximum atomic E-state index is 14.1. The smallest absolute Gasteiger partial charge is 0.300 e. The molecule has 6 nitrogen and oxygen atoms in total. The van der Waals surface area contributed by atoms with Gasteiger partial charge in [-0.05, 0) is 42.8 Å². The third-order valence-electron chi connectivity index (χ3n) is 5.65. The fraction of sp³-hybridized carbons (Fsp3) is 0.154. The van der Waals surface area contributed by atoms with E-state index in [1.165, 1.54) is 26.4 Å². The van der Waals surface area contributed by atoms with Gasteiger partial charge in [-0.2, -0.15) is 0 Å². The molecule has 1 atom stereocenters. The van der Waals surface area contributed by atoms with Crippen molar-refractivity contribution in [2.45, 2.75) is 13.0 Å². The number of ether oxygens (including phenoxy) is 2. The minimum atomic E-state index is -1.17. The fourth-order valence-electron chi connectivity index (χ4n) is 4.03. The number of anilines is 1. The average molecular weight is 465 g/mol. The maximum Gasteiger partial charge on any atom is 0.300 e. The summed E-state index contributed by atoms with van der Waals surface area (Å²) in [7, 11) is 2.84. The van der Waals surface area contributed by atoms with Crippen LogP contribution in [0.5, 0.6) is 11.5 Å². The molecule has 1 saturated heterocycles. The number of hydrogen-bond donors (Lipinski definition) is 1. The number of aryl methyl sites for hydroxylation is 1. The Labute approximate surface area is 194 Å². The van der Waals surface area contributed by atoms with Gasteiger partial charge in [-0.25, -0.2) is 8.78 Å². The Morgan fingerprint density at radius 2 is 1.71 bits per heavy atom. The standard InChI is InChI=1S/C26H21F2NO5/c1-14-5-4-6-15(11-14)23-22(24(30)18-13-17(33-2)8-10-21(18)34-3)25(31)26(32)29(23)16-7-9-19(27)20(28)12-16/h4-13,23,30H,1-3H3/b24-22+. The number of Topliss-reactive ketones (excluding diaryl/α,β-unsaturated/α-hetero) is 1. The highest BCUT2D eigenvalue weighted by Crippen LogP contribution is 2.44. The van der Waals surface area contributed by atoms with Crippen molar-refractivity contribution in [3.05, 3.63) is 94.6 Å². The second-order valence-electron chi connectivity index (χ2n) is 7.75. The van der Waals surface area contributed by atoms with E-state index >= 15 is 0 Å². The zero-order chi connectivity index (χ0) is 24.6. The lowest BCUT2D eigenvalue weighted by Crippen LogP contribution is -2.29. The van der Waals surface area contributed by atoms with Crippen LogP contribution in [0.25, 0.3) is 5.76 Å². The summed E-state index contributed by atoms with van der Waals surface area (Å²) in [4.78, 5) is 27.4. The summed E-state index contributed by atoms with van der Waals surface area (Å²) in [5.74, 6) is -4.06. The van der Waals surface area contributed by atoms with Crippen LogP contribution in [-0.2, 0) is 9.59 Å². The van der Waals surface area contributed by atoms with E-state index in [1.54, 1.807) is 30.3 Å². The van der Waals surface area contributed by atoms with Crippen LogP contribution in [-0.4, -0.2) is 31.0 Å². The number of hydrogen-bond acceptors (Lipinski definition) is 5. The summed E-state index contributed by atoms with van der Waals surface area (Å²) < 4.78 is 38.2. The molecule has 1 heterocycles. The largest absolute Gasteiger partial charge is 0.507 e.